The van der Waals surface area contributed by atoms with Gasteiger partial charge in [-0.1, -0.05) is 17.7 Å². The minimum atomic E-state index is -0.134. The van der Waals surface area contributed by atoms with Crippen LogP contribution in [0, 0.1) is 0 Å². The molecular formula is C18H21ClN2O3S. The number of thiophene rings is 1. The van der Waals surface area contributed by atoms with Gasteiger partial charge in [-0.3, -0.25) is 9.69 Å². The molecule has 1 fully saturated rings. The fourth-order valence-electron chi connectivity index (χ4n) is 2.72. The molecule has 7 heteroatoms. The summed E-state index contributed by atoms with van der Waals surface area (Å²) in [7, 11) is 0. The number of hydrogen-bond acceptors (Lipinski definition) is 5. The Kier molecular flexibility index (Phi) is 6.69. The molecule has 1 N–H and O–H groups in total. The first-order valence-electron chi connectivity index (χ1n) is 8.22. The standard InChI is InChI=1S/C18H21ClN2O3S/c19-14-3-5-15(6-4-14)24-13-18(22)20-12-16(17-2-1-11-25-17)21-7-9-23-10-8-21/h1-6,11,16H,7-10,12-13H2,(H,20,22). The third-order valence-electron chi connectivity index (χ3n) is 4.03. The highest BCUT2D eigenvalue weighted by Gasteiger charge is 2.23. The van der Waals surface area contributed by atoms with Gasteiger partial charge in [-0.2, -0.15) is 0 Å². The number of carbonyl (C=O) groups excluding carboxylic acids is 1. The van der Waals surface area contributed by atoms with Gasteiger partial charge in [0.1, 0.15) is 5.75 Å². The molecule has 0 radical (unpaired) electrons. The SMILES string of the molecule is O=C(COc1ccc(Cl)cc1)NCC(c1cccs1)N1CCOCC1. The molecule has 1 aliphatic rings. The minimum absolute atomic E-state index is 0.0120. The number of morpholine rings is 1. The quantitative estimate of drug-likeness (QED) is 0.802. The summed E-state index contributed by atoms with van der Waals surface area (Å²) < 4.78 is 10.9. The maximum Gasteiger partial charge on any atom is 0.258 e. The van der Waals surface area contributed by atoms with E-state index in [1.54, 1.807) is 35.6 Å². The number of nitrogens with zero attached hydrogens (tertiary/aromatic N) is 1. The molecule has 1 atom stereocenters. The van der Waals surface area contributed by atoms with Crippen molar-refractivity contribution in [1.82, 2.24) is 10.2 Å². The Morgan fingerprint density at radius 2 is 2.04 bits per heavy atom. The summed E-state index contributed by atoms with van der Waals surface area (Å²) in [6.07, 6.45) is 0. The van der Waals surface area contributed by atoms with Crippen molar-refractivity contribution in [2.24, 2.45) is 0 Å². The van der Waals surface area contributed by atoms with Crippen LogP contribution in [-0.4, -0.2) is 50.3 Å². The van der Waals surface area contributed by atoms with Crippen molar-refractivity contribution >= 4 is 28.8 Å². The second-order valence-electron chi connectivity index (χ2n) is 5.73. The average Bonchev–Trinajstić information content (AvgIpc) is 3.17. The van der Waals surface area contributed by atoms with Gasteiger partial charge in [0.15, 0.2) is 6.61 Å². The predicted molar refractivity (Wildman–Crippen MR) is 99.4 cm³/mol. The van der Waals surface area contributed by atoms with Gasteiger partial charge in [0, 0.05) is 29.5 Å². The van der Waals surface area contributed by atoms with Crippen molar-refractivity contribution in [2.45, 2.75) is 6.04 Å². The number of benzene rings is 1. The molecule has 0 bridgehead atoms. The highest BCUT2D eigenvalue weighted by Crippen LogP contribution is 2.25. The van der Waals surface area contributed by atoms with E-state index in [1.165, 1.54) is 4.88 Å². The van der Waals surface area contributed by atoms with Gasteiger partial charge < -0.3 is 14.8 Å². The number of amides is 1. The monoisotopic (exact) mass is 380 g/mol. The summed E-state index contributed by atoms with van der Waals surface area (Å²) >= 11 is 7.54. The fourth-order valence-corrected chi connectivity index (χ4v) is 3.71. The van der Waals surface area contributed by atoms with E-state index in [0.717, 1.165) is 26.3 Å². The van der Waals surface area contributed by atoms with Crippen LogP contribution < -0.4 is 10.1 Å². The Bertz CT molecular complexity index is 657. The van der Waals surface area contributed by atoms with Crippen LogP contribution in [0.3, 0.4) is 0 Å². The molecule has 0 spiro atoms. The zero-order valence-electron chi connectivity index (χ0n) is 13.8. The average molecular weight is 381 g/mol. The topological polar surface area (TPSA) is 50.8 Å². The zero-order valence-corrected chi connectivity index (χ0v) is 15.4. The Balaban J connectivity index is 1.51. The van der Waals surface area contributed by atoms with Gasteiger partial charge in [0.05, 0.1) is 19.3 Å². The molecule has 1 aromatic carbocycles. The second kappa shape index (κ2) is 9.20. The van der Waals surface area contributed by atoms with Crippen LogP contribution >= 0.6 is 22.9 Å². The maximum atomic E-state index is 12.1. The predicted octanol–water partition coefficient (Wildman–Crippen LogP) is 2.97. The molecule has 5 nitrogen and oxygen atoms in total. The second-order valence-corrected chi connectivity index (χ2v) is 7.14. The Morgan fingerprint density at radius 1 is 1.28 bits per heavy atom. The maximum absolute atomic E-state index is 12.1. The molecule has 1 aromatic heterocycles. The van der Waals surface area contributed by atoms with E-state index in [-0.39, 0.29) is 18.6 Å². The first-order valence-corrected chi connectivity index (χ1v) is 9.48. The van der Waals surface area contributed by atoms with Crippen LogP contribution in [0.25, 0.3) is 0 Å². The summed E-state index contributed by atoms with van der Waals surface area (Å²) in [6, 6.07) is 11.3. The summed E-state index contributed by atoms with van der Waals surface area (Å²) in [4.78, 5) is 15.7. The van der Waals surface area contributed by atoms with Gasteiger partial charge in [-0.15, -0.1) is 11.3 Å². The number of rotatable bonds is 7. The fraction of sp³-hybridized carbons (Fsp3) is 0.389. The molecule has 3 rings (SSSR count). The van der Waals surface area contributed by atoms with E-state index in [0.29, 0.717) is 17.3 Å². The molecule has 2 heterocycles. The lowest BCUT2D eigenvalue weighted by Gasteiger charge is -2.34. The van der Waals surface area contributed by atoms with E-state index in [1.807, 2.05) is 6.07 Å². The third kappa shape index (κ3) is 5.44. The lowest BCUT2D eigenvalue weighted by molar-refractivity contribution is -0.123. The van der Waals surface area contributed by atoms with Crippen LogP contribution in [0.1, 0.15) is 10.9 Å². The van der Waals surface area contributed by atoms with Crippen molar-refractivity contribution in [3.05, 3.63) is 51.7 Å². The van der Waals surface area contributed by atoms with E-state index in [9.17, 15) is 4.79 Å². The number of nitrogens with one attached hydrogen (secondary N) is 1. The molecule has 0 aliphatic carbocycles. The van der Waals surface area contributed by atoms with Gasteiger partial charge in [0.2, 0.25) is 0 Å². The molecular weight excluding hydrogens is 360 g/mol. The molecule has 134 valence electrons. The summed E-state index contributed by atoms with van der Waals surface area (Å²) in [5, 5.41) is 5.69. The molecule has 25 heavy (non-hydrogen) atoms. The number of hydrogen-bond donors (Lipinski definition) is 1. The molecule has 1 unspecified atom stereocenters. The lowest BCUT2D eigenvalue weighted by Crippen LogP contribution is -2.44. The molecule has 0 saturated carbocycles. The van der Waals surface area contributed by atoms with Crippen LogP contribution in [-0.2, 0) is 9.53 Å². The normalized spacial score (nSPS) is 16.4. The van der Waals surface area contributed by atoms with Crippen molar-refractivity contribution in [1.29, 1.82) is 0 Å². The summed E-state index contributed by atoms with van der Waals surface area (Å²) in [5.41, 5.74) is 0. The van der Waals surface area contributed by atoms with E-state index in [4.69, 9.17) is 21.1 Å². The molecule has 2 aromatic rings. The number of carbonyl (C=O) groups is 1. The smallest absolute Gasteiger partial charge is 0.258 e. The Hall–Kier alpha value is -1.60. The Morgan fingerprint density at radius 3 is 2.72 bits per heavy atom. The van der Waals surface area contributed by atoms with Crippen LogP contribution in [0.4, 0.5) is 0 Å². The van der Waals surface area contributed by atoms with Crippen molar-refractivity contribution in [3.63, 3.8) is 0 Å². The van der Waals surface area contributed by atoms with Crippen LogP contribution in [0.5, 0.6) is 5.75 Å². The van der Waals surface area contributed by atoms with Gasteiger partial charge >= 0.3 is 0 Å². The third-order valence-corrected chi connectivity index (χ3v) is 5.26. The highest BCUT2D eigenvalue weighted by atomic mass is 35.5. The highest BCUT2D eigenvalue weighted by molar-refractivity contribution is 7.10. The van der Waals surface area contributed by atoms with E-state index >= 15 is 0 Å². The largest absolute Gasteiger partial charge is 0.484 e. The first kappa shape index (κ1) is 18.2. The van der Waals surface area contributed by atoms with E-state index < -0.39 is 0 Å². The molecule has 1 saturated heterocycles. The van der Waals surface area contributed by atoms with Gasteiger partial charge in [0.25, 0.3) is 5.91 Å². The summed E-state index contributed by atoms with van der Waals surface area (Å²) in [5.74, 6) is 0.493. The minimum Gasteiger partial charge on any atom is -0.484 e. The zero-order chi connectivity index (χ0) is 17.5. The first-order chi connectivity index (χ1) is 12.2. The van der Waals surface area contributed by atoms with Crippen molar-refractivity contribution in [3.8, 4) is 5.75 Å². The van der Waals surface area contributed by atoms with E-state index in [2.05, 4.69) is 21.7 Å². The Labute approximate surface area is 156 Å². The molecule has 1 amide bonds. The van der Waals surface area contributed by atoms with Gasteiger partial charge in [-0.05, 0) is 35.7 Å². The van der Waals surface area contributed by atoms with Crippen LogP contribution in [0.2, 0.25) is 5.02 Å². The number of ether oxygens (including phenoxy) is 2. The number of halogens is 1. The lowest BCUT2D eigenvalue weighted by atomic mass is 10.2. The van der Waals surface area contributed by atoms with Crippen LogP contribution in [0.15, 0.2) is 41.8 Å². The van der Waals surface area contributed by atoms with Gasteiger partial charge in [-0.25, -0.2) is 0 Å². The molecule has 1 aliphatic heterocycles. The van der Waals surface area contributed by atoms with Crippen molar-refractivity contribution < 1.29 is 14.3 Å². The van der Waals surface area contributed by atoms with Crippen molar-refractivity contribution in [2.75, 3.05) is 39.5 Å². The summed E-state index contributed by atoms with van der Waals surface area (Å²) in [6.45, 7) is 3.76.